The molecular weight excluding hydrogens is 380 g/mol. The molecule has 4 rings (SSSR count). The fraction of sp³-hybridized carbons (Fsp3) is 0.250. The largest absolute Gasteiger partial charge is 0.489 e. The zero-order chi connectivity index (χ0) is 20.8. The van der Waals surface area contributed by atoms with Crippen LogP contribution in [0.5, 0.6) is 5.75 Å². The number of rotatable bonds is 6. The highest BCUT2D eigenvalue weighted by Crippen LogP contribution is 2.22. The van der Waals surface area contributed by atoms with Gasteiger partial charge in [0.25, 0.3) is 5.91 Å². The Morgan fingerprint density at radius 2 is 1.70 bits per heavy atom. The van der Waals surface area contributed by atoms with Crippen LogP contribution in [0.25, 0.3) is 0 Å². The van der Waals surface area contributed by atoms with Gasteiger partial charge in [-0.1, -0.05) is 30.3 Å². The average molecular weight is 404 g/mol. The van der Waals surface area contributed by atoms with Gasteiger partial charge in [-0.25, -0.2) is 0 Å². The number of carbonyl (C=O) groups is 2. The van der Waals surface area contributed by atoms with E-state index in [0.29, 0.717) is 38.3 Å². The van der Waals surface area contributed by atoms with Gasteiger partial charge in [0.05, 0.1) is 6.26 Å². The quantitative estimate of drug-likeness (QED) is 0.663. The molecule has 1 aromatic heterocycles. The third kappa shape index (κ3) is 4.89. The van der Waals surface area contributed by atoms with Crippen LogP contribution in [0.1, 0.15) is 29.0 Å². The smallest absolute Gasteiger partial charge is 0.289 e. The first-order chi connectivity index (χ1) is 14.7. The molecule has 2 amide bonds. The molecule has 2 aromatic carbocycles. The minimum atomic E-state index is -0.120. The first-order valence-electron chi connectivity index (χ1n) is 10.1. The molecule has 0 bridgehead atoms. The number of hydrogen-bond acceptors (Lipinski definition) is 4. The maximum absolute atomic E-state index is 12.6. The van der Waals surface area contributed by atoms with Crippen molar-refractivity contribution >= 4 is 17.5 Å². The summed E-state index contributed by atoms with van der Waals surface area (Å²) in [6, 6.07) is 20.7. The summed E-state index contributed by atoms with van der Waals surface area (Å²) in [5, 5.41) is 2.97. The molecule has 1 saturated heterocycles. The van der Waals surface area contributed by atoms with Crippen molar-refractivity contribution in [1.82, 2.24) is 4.90 Å². The Balaban J connectivity index is 1.24. The van der Waals surface area contributed by atoms with Gasteiger partial charge in [-0.3, -0.25) is 9.59 Å². The second-order valence-corrected chi connectivity index (χ2v) is 7.33. The molecule has 2 heterocycles. The van der Waals surface area contributed by atoms with Crippen molar-refractivity contribution in [1.29, 1.82) is 0 Å². The summed E-state index contributed by atoms with van der Waals surface area (Å²) in [7, 11) is 0. The van der Waals surface area contributed by atoms with E-state index in [9.17, 15) is 9.59 Å². The van der Waals surface area contributed by atoms with E-state index in [0.717, 1.165) is 17.0 Å². The van der Waals surface area contributed by atoms with Gasteiger partial charge in [0.15, 0.2) is 5.76 Å². The maximum Gasteiger partial charge on any atom is 0.289 e. The van der Waals surface area contributed by atoms with Gasteiger partial charge in [-0.05, 0) is 54.8 Å². The maximum atomic E-state index is 12.6. The Morgan fingerprint density at radius 3 is 2.37 bits per heavy atom. The summed E-state index contributed by atoms with van der Waals surface area (Å²) < 4.78 is 10.9. The van der Waals surface area contributed by atoms with Crippen molar-refractivity contribution < 1.29 is 18.7 Å². The Labute approximate surface area is 175 Å². The Morgan fingerprint density at radius 1 is 0.967 bits per heavy atom. The Bertz CT molecular complexity index is 960. The van der Waals surface area contributed by atoms with Crippen LogP contribution in [-0.2, 0) is 11.4 Å². The number of hydrogen-bond donors (Lipinski definition) is 1. The van der Waals surface area contributed by atoms with E-state index in [4.69, 9.17) is 9.15 Å². The number of piperidine rings is 1. The van der Waals surface area contributed by atoms with Crippen molar-refractivity contribution in [3.8, 4) is 5.75 Å². The molecule has 0 unspecified atom stereocenters. The van der Waals surface area contributed by atoms with Crippen LogP contribution in [0.4, 0.5) is 5.69 Å². The molecule has 1 fully saturated rings. The highest BCUT2D eigenvalue weighted by atomic mass is 16.5. The summed E-state index contributed by atoms with van der Waals surface area (Å²) in [6.45, 7) is 1.59. The zero-order valence-corrected chi connectivity index (χ0v) is 16.6. The summed E-state index contributed by atoms with van der Waals surface area (Å²) >= 11 is 0. The van der Waals surface area contributed by atoms with E-state index in [2.05, 4.69) is 5.32 Å². The van der Waals surface area contributed by atoms with Crippen LogP contribution in [-0.4, -0.2) is 29.8 Å². The lowest BCUT2D eigenvalue weighted by Gasteiger charge is -2.30. The summed E-state index contributed by atoms with van der Waals surface area (Å²) in [5.41, 5.74) is 1.84. The molecule has 1 N–H and O–H groups in total. The molecular formula is C24H24N2O4. The van der Waals surface area contributed by atoms with Gasteiger partial charge < -0.3 is 19.4 Å². The third-order valence-corrected chi connectivity index (χ3v) is 5.26. The van der Waals surface area contributed by atoms with Crippen LogP contribution in [0.2, 0.25) is 0 Å². The lowest BCUT2D eigenvalue weighted by atomic mass is 9.95. The van der Waals surface area contributed by atoms with Gasteiger partial charge in [-0.15, -0.1) is 0 Å². The number of benzene rings is 2. The van der Waals surface area contributed by atoms with Crippen LogP contribution in [0.15, 0.2) is 77.4 Å². The van der Waals surface area contributed by atoms with E-state index < -0.39 is 0 Å². The molecule has 3 aromatic rings. The first-order valence-corrected chi connectivity index (χ1v) is 10.1. The van der Waals surface area contributed by atoms with Crippen molar-refractivity contribution in [2.24, 2.45) is 5.92 Å². The predicted octanol–water partition coefficient (Wildman–Crippen LogP) is 4.35. The number of ether oxygens (including phenoxy) is 1. The fourth-order valence-corrected chi connectivity index (χ4v) is 3.52. The van der Waals surface area contributed by atoms with E-state index in [1.807, 2.05) is 54.6 Å². The van der Waals surface area contributed by atoms with Crippen LogP contribution in [0, 0.1) is 5.92 Å². The first kappa shape index (κ1) is 19.8. The molecule has 30 heavy (non-hydrogen) atoms. The third-order valence-electron chi connectivity index (χ3n) is 5.26. The van der Waals surface area contributed by atoms with Gasteiger partial charge in [0.2, 0.25) is 5.91 Å². The molecule has 1 aliphatic heterocycles. The number of amides is 2. The number of nitrogens with one attached hydrogen (secondary N) is 1. The van der Waals surface area contributed by atoms with E-state index >= 15 is 0 Å². The molecule has 0 saturated carbocycles. The molecule has 154 valence electrons. The van der Waals surface area contributed by atoms with E-state index in [1.165, 1.54) is 6.26 Å². The number of anilines is 1. The normalized spacial score (nSPS) is 14.3. The van der Waals surface area contributed by atoms with Crippen LogP contribution in [0.3, 0.4) is 0 Å². The van der Waals surface area contributed by atoms with Gasteiger partial charge >= 0.3 is 0 Å². The van der Waals surface area contributed by atoms with Crippen molar-refractivity contribution in [2.45, 2.75) is 19.4 Å². The topological polar surface area (TPSA) is 71.8 Å². The van der Waals surface area contributed by atoms with Gasteiger partial charge in [0.1, 0.15) is 12.4 Å². The van der Waals surface area contributed by atoms with Crippen LogP contribution >= 0.6 is 0 Å². The average Bonchev–Trinajstić information content (AvgIpc) is 3.34. The van der Waals surface area contributed by atoms with Crippen LogP contribution < -0.4 is 10.1 Å². The Kier molecular flexibility index (Phi) is 6.13. The molecule has 0 atom stereocenters. The predicted molar refractivity (Wildman–Crippen MR) is 113 cm³/mol. The molecule has 6 heteroatoms. The minimum absolute atomic E-state index is 0.0157. The molecule has 6 nitrogen and oxygen atoms in total. The molecule has 1 aliphatic rings. The van der Waals surface area contributed by atoms with Crippen molar-refractivity contribution in [2.75, 3.05) is 18.4 Å². The summed E-state index contributed by atoms with van der Waals surface area (Å²) in [5.74, 6) is 0.844. The molecule has 0 aliphatic carbocycles. The van der Waals surface area contributed by atoms with Gasteiger partial charge in [0, 0.05) is 24.7 Å². The summed E-state index contributed by atoms with van der Waals surface area (Å²) in [4.78, 5) is 26.7. The molecule has 0 radical (unpaired) electrons. The van der Waals surface area contributed by atoms with Gasteiger partial charge in [-0.2, -0.15) is 0 Å². The lowest BCUT2D eigenvalue weighted by molar-refractivity contribution is -0.121. The standard InChI is InChI=1S/C24H24N2O4/c27-23(19-12-14-26(15-13-19)24(28)22-7-4-16-29-22)25-20-8-10-21(11-9-20)30-17-18-5-2-1-3-6-18/h1-11,16,19H,12-15,17H2,(H,25,27). The highest BCUT2D eigenvalue weighted by Gasteiger charge is 2.28. The number of likely N-dealkylation sites (tertiary alicyclic amines) is 1. The van der Waals surface area contributed by atoms with E-state index in [-0.39, 0.29) is 17.7 Å². The number of carbonyl (C=O) groups excluding carboxylic acids is 2. The van der Waals surface area contributed by atoms with Crippen molar-refractivity contribution in [3.63, 3.8) is 0 Å². The zero-order valence-electron chi connectivity index (χ0n) is 16.6. The monoisotopic (exact) mass is 404 g/mol. The second-order valence-electron chi connectivity index (χ2n) is 7.33. The number of furan rings is 1. The Hall–Kier alpha value is -3.54. The SMILES string of the molecule is O=C(Nc1ccc(OCc2ccccc2)cc1)C1CCN(C(=O)c2ccco2)CC1. The fourth-order valence-electron chi connectivity index (χ4n) is 3.52. The van der Waals surface area contributed by atoms with Crippen molar-refractivity contribution in [3.05, 3.63) is 84.3 Å². The second kappa shape index (κ2) is 9.31. The number of nitrogens with zero attached hydrogens (tertiary/aromatic N) is 1. The molecule has 0 spiro atoms. The lowest BCUT2D eigenvalue weighted by Crippen LogP contribution is -2.41. The summed E-state index contributed by atoms with van der Waals surface area (Å²) in [6.07, 6.45) is 2.76. The van der Waals surface area contributed by atoms with E-state index in [1.54, 1.807) is 17.0 Å². The minimum Gasteiger partial charge on any atom is -0.489 e. The highest BCUT2D eigenvalue weighted by molar-refractivity contribution is 5.94.